The summed E-state index contributed by atoms with van der Waals surface area (Å²) in [5, 5.41) is 21.1. The highest BCUT2D eigenvalue weighted by Crippen LogP contribution is 2.44. The lowest BCUT2D eigenvalue weighted by atomic mass is 9.81. The maximum atomic E-state index is 13.9. The summed E-state index contributed by atoms with van der Waals surface area (Å²) >= 11 is 0. The Hall–Kier alpha value is -4.26. The van der Waals surface area contributed by atoms with Gasteiger partial charge >= 0.3 is 0 Å². The third-order valence-electron chi connectivity index (χ3n) is 6.53. The van der Waals surface area contributed by atoms with Gasteiger partial charge in [-0.15, -0.1) is 0 Å². The second-order valence-electron chi connectivity index (χ2n) is 9.40. The zero-order chi connectivity index (χ0) is 26.6. The molecular formula is C32H28O6. The van der Waals surface area contributed by atoms with Crippen LogP contribution in [0.5, 0.6) is 11.5 Å². The van der Waals surface area contributed by atoms with Crippen LogP contribution < -0.4 is 9.47 Å². The zero-order valence-electron chi connectivity index (χ0n) is 21.0. The van der Waals surface area contributed by atoms with E-state index in [2.05, 4.69) is 0 Å². The van der Waals surface area contributed by atoms with Gasteiger partial charge in [0.1, 0.15) is 24.7 Å². The summed E-state index contributed by atoms with van der Waals surface area (Å²) < 4.78 is 12.3. The van der Waals surface area contributed by atoms with E-state index in [-0.39, 0.29) is 65.0 Å². The van der Waals surface area contributed by atoms with Crippen molar-refractivity contribution in [3.8, 4) is 11.5 Å². The molecule has 0 bridgehead atoms. The van der Waals surface area contributed by atoms with E-state index in [4.69, 9.17) is 9.47 Å². The Morgan fingerprint density at radius 3 is 1.74 bits per heavy atom. The molecule has 0 radical (unpaired) electrons. The molecule has 0 amide bonds. The van der Waals surface area contributed by atoms with Crippen molar-refractivity contribution in [1.29, 1.82) is 0 Å². The van der Waals surface area contributed by atoms with Crippen molar-refractivity contribution in [2.45, 2.75) is 38.8 Å². The highest BCUT2D eigenvalue weighted by atomic mass is 16.5. The third kappa shape index (κ3) is 5.09. The molecule has 0 aliphatic heterocycles. The zero-order valence-corrected chi connectivity index (χ0v) is 21.0. The lowest BCUT2D eigenvalue weighted by Crippen LogP contribution is -2.24. The number of fused-ring (bicyclic) bond motifs is 2. The normalized spacial score (nSPS) is 13.9. The van der Waals surface area contributed by atoms with E-state index in [1.807, 2.05) is 60.7 Å². The van der Waals surface area contributed by atoms with E-state index in [0.717, 1.165) is 11.1 Å². The Balaban J connectivity index is 1.68. The van der Waals surface area contributed by atoms with E-state index in [1.54, 1.807) is 37.3 Å². The predicted molar refractivity (Wildman–Crippen MR) is 143 cm³/mol. The Morgan fingerprint density at radius 1 is 0.684 bits per heavy atom. The summed E-state index contributed by atoms with van der Waals surface area (Å²) in [6.07, 6.45) is -1.96. The Kier molecular flexibility index (Phi) is 7.36. The van der Waals surface area contributed by atoms with Crippen molar-refractivity contribution in [3.63, 3.8) is 0 Å². The summed E-state index contributed by atoms with van der Waals surface area (Å²) in [5.74, 6) is -0.423. The monoisotopic (exact) mass is 508 g/mol. The molecule has 0 spiro atoms. The minimum absolute atomic E-state index is 0.0112. The third-order valence-corrected chi connectivity index (χ3v) is 6.53. The molecule has 0 saturated carbocycles. The molecule has 4 aromatic carbocycles. The van der Waals surface area contributed by atoms with Crippen molar-refractivity contribution < 1.29 is 29.3 Å². The van der Waals surface area contributed by atoms with Gasteiger partial charge in [0.2, 0.25) is 0 Å². The fraction of sp³-hybridized carbons (Fsp3) is 0.188. The molecule has 6 nitrogen and oxygen atoms in total. The molecule has 38 heavy (non-hydrogen) atoms. The first-order valence-corrected chi connectivity index (χ1v) is 12.5. The second kappa shape index (κ2) is 11.0. The molecule has 6 heteroatoms. The number of rotatable bonds is 9. The minimum Gasteiger partial charge on any atom is -0.488 e. The maximum absolute atomic E-state index is 13.9. The van der Waals surface area contributed by atoms with E-state index in [1.165, 1.54) is 0 Å². The van der Waals surface area contributed by atoms with Crippen LogP contribution in [-0.4, -0.2) is 27.9 Å². The average Bonchev–Trinajstić information content (AvgIpc) is 2.94. The molecule has 0 saturated heterocycles. The lowest BCUT2D eigenvalue weighted by molar-refractivity contribution is 0.0871. The van der Waals surface area contributed by atoms with Crippen molar-refractivity contribution in [3.05, 3.63) is 130 Å². The number of hydrogen-bond donors (Lipinski definition) is 2. The van der Waals surface area contributed by atoms with E-state index in [0.29, 0.717) is 5.56 Å². The minimum atomic E-state index is -1.16. The van der Waals surface area contributed by atoms with Crippen LogP contribution in [0, 0.1) is 0 Å². The summed E-state index contributed by atoms with van der Waals surface area (Å²) in [6, 6.07) is 27.1. The number of ketones is 2. The maximum Gasteiger partial charge on any atom is 0.198 e. The van der Waals surface area contributed by atoms with Gasteiger partial charge in [0.05, 0.1) is 23.3 Å². The molecule has 1 aliphatic carbocycles. The molecule has 5 rings (SSSR count). The summed E-state index contributed by atoms with van der Waals surface area (Å²) in [7, 11) is 0. The number of carbonyl (C=O) groups excluding carboxylic acids is 2. The van der Waals surface area contributed by atoms with Crippen LogP contribution in [0.4, 0.5) is 0 Å². The number of hydrogen-bond acceptors (Lipinski definition) is 6. The van der Waals surface area contributed by atoms with E-state index >= 15 is 0 Å². The van der Waals surface area contributed by atoms with Gasteiger partial charge in [0.15, 0.2) is 11.6 Å². The van der Waals surface area contributed by atoms with Gasteiger partial charge in [-0.1, -0.05) is 84.9 Å². The van der Waals surface area contributed by atoms with Gasteiger partial charge in [-0.25, -0.2) is 0 Å². The lowest BCUT2D eigenvalue weighted by Gasteiger charge is -2.27. The molecule has 2 unspecified atom stereocenters. The summed E-state index contributed by atoms with van der Waals surface area (Å²) in [4.78, 5) is 27.7. The SMILES string of the molecule is CC(O)CC(O)c1cc(OCc2ccccc2)c2c(c1OCc1ccccc1)C(=O)c1ccccc1C2=O. The number of aliphatic hydroxyl groups excluding tert-OH is 2. The Labute approximate surface area is 221 Å². The van der Waals surface area contributed by atoms with E-state index < -0.39 is 12.2 Å². The van der Waals surface area contributed by atoms with Crippen LogP contribution in [0.1, 0.15) is 68.0 Å². The van der Waals surface area contributed by atoms with Crippen molar-refractivity contribution in [2.24, 2.45) is 0 Å². The molecule has 0 heterocycles. The second-order valence-corrected chi connectivity index (χ2v) is 9.40. The van der Waals surface area contributed by atoms with Crippen LogP contribution >= 0.6 is 0 Å². The summed E-state index contributed by atoms with van der Waals surface area (Å²) in [6.45, 7) is 1.85. The molecule has 2 N–H and O–H groups in total. The van der Waals surface area contributed by atoms with Crippen LogP contribution in [0.15, 0.2) is 91.0 Å². The van der Waals surface area contributed by atoms with Gasteiger partial charge in [-0.3, -0.25) is 9.59 Å². The molecule has 192 valence electrons. The predicted octanol–water partition coefficient (Wildman–Crippen LogP) is 5.42. The molecular weight excluding hydrogens is 480 g/mol. The smallest absolute Gasteiger partial charge is 0.198 e. The van der Waals surface area contributed by atoms with Crippen molar-refractivity contribution >= 4 is 11.6 Å². The number of benzene rings is 4. The van der Waals surface area contributed by atoms with Crippen LogP contribution in [0.3, 0.4) is 0 Å². The highest BCUT2D eigenvalue weighted by Gasteiger charge is 2.38. The van der Waals surface area contributed by atoms with Gasteiger partial charge < -0.3 is 19.7 Å². The van der Waals surface area contributed by atoms with Crippen LogP contribution in [-0.2, 0) is 13.2 Å². The topological polar surface area (TPSA) is 93.1 Å². The molecule has 1 aliphatic rings. The van der Waals surface area contributed by atoms with Gasteiger partial charge in [-0.05, 0) is 24.1 Å². The van der Waals surface area contributed by atoms with Gasteiger partial charge in [0, 0.05) is 23.1 Å². The fourth-order valence-electron chi connectivity index (χ4n) is 4.68. The highest BCUT2D eigenvalue weighted by molar-refractivity contribution is 6.30. The van der Waals surface area contributed by atoms with Gasteiger partial charge in [0.25, 0.3) is 0 Å². The number of ether oxygens (including phenoxy) is 2. The van der Waals surface area contributed by atoms with Crippen molar-refractivity contribution in [1.82, 2.24) is 0 Å². The fourth-order valence-corrected chi connectivity index (χ4v) is 4.68. The standard InChI is InChI=1S/C32H28O6/c1-20(33)16-26(34)25-17-27(37-18-21-10-4-2-5-11-21)28-29(32(25)38-19-22-12-6-3-7-13-22)31(36)24-15-9-8-14-23(24)30(28)35/h2-15,17,20,26,33-34H,16,18-19H2,1H3. The number of aliphatic hydroxyl groups is 2. The first-order valence-electron chi connectivity index (χ1n) is 12.5. The Bertz CT molecular complexity index is 1460. The quantitative estimate of drug-likeness (QED) is 0.276. The Morgan fingerprint density at radius 2 is 1.18 bits per heavy atom. The van der Waals surface area contributed by atoms with Crippen LogP contribution in [0.25, 0.3) is 0 Å². The first kappa shape index (κ1) is 25.4. The molecule has 4 aromatic rings. The first-order chi connectivity index (χ1) is 18.4. The molecule has 0 aromatic heterocycles. The molecule has 2 atom stereocenters. The molecule has 0 fully saturated rings. The number of carbonyl (C=O) groups is 2. The van der Waals surface area contributed by atoms with Gasteiger partial charge in [-0.2, -0.15) is 0 Å². The average molecular weight is 509 g/mol. The van der Waals surface area contributed by atoms with E-state index in [9.17, 15) is 19.8 Å². The van der Waals surface area contributed by atoms with Crippen molar-refractivity contribution in [2.75, 3.05) is 0 Å². The largest absolute Gasteiger partial charge is 0.488 e. The summed E-state index contributed by atoms with van der Waals surface area (Å²) in [5.41, 5.74) is 2.76. The van der Waals surface area contributed by atoms with Crippen LogP contribution in [0.2, 0.25) is 0 Å².